The molecule has 0 aromatic carbocycles. The average molecular weight is 1000 g/mol. The van der Waals surface area contributed by atoms with E-state index in [9.17, 15) is 0 Å². The van der Waals surface area contributed by atoms with Crippen molar-refractivity contribution in [3.63, 3.8) is 0 Å². The van der Waals surface area contributed by atoms with E-state index in [0.717, 1.165) is 7.06 Å². The molecular weight excluding hydrogens is 1000 g/mol. The van der Waals surface area contributed by atoms with Crippen molar-refractivity contribution in [2.75, 3.05) is 0 Å². The van der Waals surface area contributed by atoms with Gasteiger partial charge in [0.2, 0.25) is 2.32 Å². The van der Waals surface area contributed by atoms with E-state index in [-0.39, 0.29) is 0 Å². The van der Waals surface area contributed by atoms with Crippen molar-refractivity contribution in [2.24, 2.45) is 0 Å². The molecule has 0 aromatic rings. The monoisotopic (exact) mass is 1010 g/mol. The SMILES string of the molecule is [B][B]B([B])B(B(B([B])[B])B([B])[B])B(B(B([B])[B])B([B])[B])B(B(B(I)I)B(B(B(B([B])[B])B([B])[B])B(B([B])[B])B([B])[B])B(B(B([B])[B])B([B])[B])B(B([B])[B])B([B])[B])B(B(B([B])[B])B([B])[B])B(B([B])[B])B([B])[B]. The Morgan fingerprint density at radius 3 is 0.394 bits per heavy atom. The first-order valence-electron chi connectivity index (χ1n) is 23.1. The third-order valence-corrected chi connectivity index (χ3v) is 16.4. The van der Waals surface area contributed by atoms with Gasteiger partial charge in [-0.25, -0.2) is 0 Å². The van der Waals surface area contributed by atoms with Crippen LogP contribution in [0.2, 0.25) is 0 Å². The van der Waals surface area contributed by atoms with Gasteiger partial charge in [-0.3, -0.25) is 0 Å². The molecule has 221 valence electrons. The maximum atomic E-state index is 7.11. The summed E-state index contributed by atoms with van der Waals surface area (Å²) in [5.74, 6) is 0. The molecule has 0 bridgehead atoms. The fourth-order valence-electron chi connectivity index (χ4n) is 12.3. The minimum absolute atomic E-state index is 0.860. The fraction of sp³-hybridized carbons (Fsp3) is 0. The Morgan fingerprint density at radius 2 is 0.282 bits per heavy atom. The molecule has 0 fully saturated rings. The van der Waals surface area contributed by atoms with E-state index in [4.69, 9.17) is 263 Å². The molecule has 69 radical (unpaired) electrons. The molecule has 0 saturated carbocycles. The number of hydrogen-bond donors (Lipinski definition) is 0. The predicted octanol–water partition coefficient (Wildman–Crippen LogP) is -24.5. The Morgan fingerprint density at radius 1 is 0.169 bits per heavy atom. The highest BCUT2D eigenvalue weighted by atomic mass is 127. The molecule has 0 nitrogen and oxygen atoms in total. The lowest BCUT2D eigenvalue weighted by atomic mass is 8.23. The molecule has 0 saturated heterocycles. The number of rotatable bonds is 34. The topological polar surface area (TPSA) is 0 Å². The summed E-state index contributed by atoms with van der Waals surface area (Å²) in [6.45, 7) is 0. The van der Waals surface area contributed by atoms with E-state index < -0.39 is 213 Å². The van der Waals surface area contributed by atoms with Crippen molar-refractivity contribution >= 4 is 528 Å². The first-order chi connectivity index (χ1) is 32.3. The maximum Gasteiger partial charge on any atom is 0.238 e. The van der Waals surface area contributed by atoms with Gasteiger partial charge in [-0.15, -0.1) is 44.7 Å². The minimum atomic E-state index is -1.49. The van der Waals surface area contributed by atoms with E-state index >= 15 is 0 Å². The lowest BCUT2D eigenvalue weighted by molar-refractivity contribution is 3.17. The van der Waals surface area contributed by atoms with E-state index in [1.165, 1.54) is 0 Å². The largest absolute Gasteiger partial charge is 0.238 e. The molecule has 71 heavy (non-hydrogen) atoms. The highest BCUT2D eigenvalue weighted by Crippen LogP contribution is 2.29. The maximum absolute atomic E-state index is 7.11. The summed E-state index contributed by atoms with van der Waals surface area (Å²) < 4.78 is -0.860. The van der Waals surface area contributed by atoms with Gasteiger partial charge in [0, 0.05) is 481 Å². The zero-order valence-corrected chi connectivity index (χ0v) is 44.9. The van der Waals surface area contributed by atoms with Gasteiger partial charge >= 0.3 is 0 Å². The number of hydrogen-bond acceptors (Lipinski definition) is 0. The van der Waals surface area contributed by atoms with Gasteiger partial charge in [-0.05, 0) is 0 Å². The van der Waals surface area contributed by atoms with Crippen LogP contribution in [0.3, 0.4) is 0 Å². The fourth-order valence-corrected chi connectivity index (χ4v) is 14.2. The Kier molecular flexibility index (Phi) is 38.9. The van der Waals surface area contributed by atoms with Crippen molar-refractivity contribution in [1.82, 2.24) is 0 Å². The van der Waals surface area contributed by atoms with Crippen LogP contribution in [0.4, 0.5) is 0 Å². The van der Waals surface area contributed by atoms with Gasteiger partial charge in [0.05, 0.1) is 0 Å². The molecular formula is B69I2. The summed E-state index contributed by atoms with van der Waals surface area (Å²) in [5.41, 5.74) is 0. The second-order valence-corrected chi connectivity index (χ2v) is 24.6. The summed E-state index contributed by atoms with van der Waals surface area (Å²) in [4.78, 5) is 0. The molecule has 0 aliphatic rings. The molecule has 0 rings (SSSR count). The van der Waals surface area contributed by atoms with Crippen molar-refractivity contribution in [1.29, 1.82) is 0 Å². The summed E-state index contributed by atoms with van der Waals surface area (Å²) >= 11 is 4.24. The molecule has 71 heteroatoms. The first kappa shape index (κ1) is 76.9. The molecule has 0 amide bonds. The van der Waals surface area contributed by atoms with E-state index in [1.54, 1.807) is 0 Å². The minimum Gasteiger partial charge on any atom is -0.146 e. The molecule has 0 atom stereocenters. The van der Waals surface area contributed by atoms with E-state index in [2.05, 4.69) is 44.7 Å². The Bertz CT molecular complexity index is 1190. The second kappa shape index (κ2) is 35.9. The van der Waals surface area contributed by atoms with E-state index in [1.807, 2.05) is 0 Å². The standard InChI is InChI=1S/B69I2/c1-35-52(34)61(53(36(2)3)37(4)5)65(60(50(30)31)51(32)33)67(64(58(46(22)23)47(24)25)59(48(26)27)49(28)29)68(69(70)71)66(62(54(38(6)7)39(8)9)55(40(10)11)41(12)13)63(56(42(14)15)43(16)17)57(44(18)19)45(20)21. The Balaban J connectivity index is 11.4. The third kappa shape index (κ3) is 21.2. The predicted molar refractivity (Wildman–Crippen MR) is 425 cm³/mol. The van der Waals surface area contributed by atoms with Crippen molar-refractivity contribution in [3.05, 3.63) is 0 Å². The van der Waals surface area contributed by atoms with Crippen LogP contribution in [0, 0.1) is 0 Å². The van der Waals surface area contributed by atoms with Gasteiger partial charge in [0.25, 0.3) is 0 Å². The lowest BCUT2D eigenvalue weighted by Gasteiger charge is -2.58. The van der Waals surface area contributed by atoms with Gasteiger partial charge in [0.1, 0.15) is 0 Å². The second-order valence-electron chi connectivity index (χ2n) is 19.6. The van der Waals surface area contributed by atoms with Crippen molar-refractivity contribution in [2.45, 2.75) is 0 Å². The third-order valence-electron chi connectivity index (χ3n) is 14.7. The van der Waals surface area contributed by atoms with Crippen LogP contribution in [0.1, 0.15) is 0 Å². The van der Waals surface area contributed by atoms with Crippen LogP contribution in [0.15, 0.2) is 0 Å². The molecule has 0 heterocycles. The molecule has 0 unspecified atom stereocenters. The zero-order valence-electron chi connectivity index (χ0n) is 40.6. The van der Waals surface area contributed by atoms with Gasteiger partial charge < -0.3 is 0 Å². The normalized spacial score (nSPS) is 9.77. The highest BCUT2D eigenvalue weighted by Gasteiger charge is 2.64. The zero-order chi connectivity index (χ0) is 56.3. The van der Waals surface area contributed by atoms with E-state index in [0.29, 0.717) is 0 Å². The quantitative estimate of drug-likeness (QED) is 0.0445. The molecule has 0 aromatic heterocycles. The first-order valence-corrected chi connectivity index (χ1v) is 25.6. The highest BCUT2D eigenvalue weighted by molar-refractivity contribution is 14.3. The van der Waals surface area contributed by atoms with Gasteiger partial charge in [0.15, 0.2) is 0 Å². The summed E-state index contributed by atoms with van der Waals surface area (Å²) in [5, 5.41) is 0. The summed E-state index contributed by atoms with van der Waals surface area (Å²) in [6.07, 6.45) is -46.2. The summed E-state index contributed by atoms with van der Waals surface area (Å²) in [7, 11) is 230. The smallest absolute Gasteiger partial charge is 0.146 e. The van der Waals surface area contributed by atoms with Gasteiger partial charge in [-0.1, -0.05) is 0 Å². The van der Waals surface area contributed by atoms with Crippen LogP contribution >= 0.6 is 44.7 Å². The van der Waals surface area contributed by atoms with Crippen molar-refractivity contribution < 1.29 is 0 Å². The van der Waals surface area contributed by atoms with Crippen LogP contribution in [-0.2, 0) is 0 Å². The number of halogens is 2. The molecule has 0 spiro atoms. The van der Waals surface area contributed by atoms with Crippen LogP contribution in [0.25, 0.3) is 0 Å². The average Bonchev–Trinajstić information content (AvgIpc) is 3.16. The van der Waals surface area contributed by atoms with Crippen molar-refractivity contribution in [3.8, 4) is 0 Å². The Hall–Kier alpha value is 5.94. The van der Waals surface area contributed by atoms with Crippen LogP contribution in [0.5, 0.6) is 0 Å². The summed E-state index contributed by atoms with van der Waals surface area (Å²) in [6, 6.07) is 0. The van der Waals surface area contributed by atoms with Crippen LogP contribution < -0.4 is 0 Å². The molecule has 0 aliphatic heterocycles. The molecule has 0 N–H and O–H groups in total. The molecule has 0 aliphatic carbocycles. The van der Waals surface area contributed by atoms with Crippen LogP contribution in [-0.4, -0.2) is 483 Å². The Labute approximate surface area is 521 Å². The van der Waals surface area contributed by atoms with Gasteiger partial charge in [-0.2, -0.15) is 0 Å². The lowest BCUT2D eigenvalue weighted by Crippen LogP contribution is -2.97.